The summed E-state index contributed by atoms with van der Waals surface area (Å²) in [6.45, 7) is 5.64. The van der Waals surface area contributed by atoms with E-state index in [9.17, 15) is 14.4 Å². The standard InChI is InChI=1S/C24H25NO5/c1-4-29-23(27)19-18(16-13-11-15(3)12-14-16)20(24(28)30-5-2)22(26)25-21(19)17-9-7-6-8-10-17/h6-14,18,20H,4-5H2,1-3H3,(H,25,26)/t18-,20+/m1/s1. The van der Waals surface area contributed by atoms with Gasteiger partial charge in [-0.2, -0.15) is 0 Å². The van der Waals surface area contributed by atoms with Crippen molar-refractivity contribution in [3.8, 4) is 0 Å². The van der Waals surface area contributed by atoms with Gasteiger partial charge in [-0.15, -0.1) is 0 Å². The van der Waals surface area contributed by atoms with Crippen molar-refractivity contribution in [3.05, 3.63) is 76.9 Å². The molecule has 1 aliphatic rings. The number of ether oxygens (including phenoxy) is 2. The van der Waals surface area contributed by atoms with Crippen LogP contribution in [-0.2, 0) is 23.9 Å². The molecule has 2 aromatic rings. The van der Waals surface area contributed by atoms with Gasteiger partial charge in [-0.25, -0.2) is 4.79 Å². The number of carbonyl (C=O) groups excluding carboxylic acids is 3. The highest BCUT2D eigenvalue weighted by atomic mass is 16.5. The molecule has 30 heavy (non-hydrogen) atoms. The molecule has 156 valence electrons. The average Bonchev–Trinajstić information content (AvgIpc) is 2.74. The maximum absolute atomic E-state index is 13.1. The van der Waals surface area contributed by atoms with E-state index in [1.165, 1.54) is 0 Å². The lowest BCUT2D eigenvalue weighted by Crippen LogP contribution is -2.46. The number of benzene rings is 2. The summed E-state index contributed by atoms with van der Waals surface area (Å²) >= 11 is 0. The van der Waals surface area contributed by atoms with Crippen LogP contribution in [0.25, 0.3) is 5.70 Å². The van der Waals surface area contributed by atoms with E-state index >= 15 is 0 Å². The molecule has 1 heterocycles. The second kappa shape index (κ2) is 9.39. The van der Waals surface area contributed by atoms with Crippen molar-refractivity contribution in [2.75, 3.05) is 13.2 Å². The zero-order valence-electron chi connectivity index (χ0n) is 17.3. The number of aryl methyl sites for hydroxylation is 1. The highest BCUT2D eigenvalue weighted by molar-refractivity contribution is 6.11. The summed E-state index contributed by atoms with van der Waals surface area (Å²) in [5, 5.41) is 2.76. The Labute approximate surface area is 175 Å². The summed E-state index contributed by atoms with van der Waals surface area (Å²) in [7, 11) is 0. The molecule has 3 rings (SSSR count). The van der Waals surface area contributed by atoms with Crippen LogP contribution in [0.3, 0.4) is 0 Å². The molecule has 2 aromatic carbocycles. The molecule has 2 atom stereocenters. The third-order valence-corrected chi connectivity index (χ3v) is 4.98. The summed E-state index contributed by atoms with van der Waals surface area (Å²) in [6.07, 6.45) is 0. The number of rotatable bonds is 6. The van der Waals surface area contributed by atoms with Gasteiger partial charge in [0.25, 0.3) is 0 Å². The van der Waals surface area contributed by atoms with E-state index in [0.717, 1.165) is 5.56 Å². The van der Waals surface area contributed by atoms with Gasteiger partial charge < -0.3 is 14.8 Å². The van der Waals surface area contributed by atoms with Gasteiger partial charge in [0.15, 0.2) is 0 Å². The zero-order valence-corrected chi connectivity index (χ0v) is 17.3. The van der Waals surface area contributed by atoms with E-state index in [4.69, 9.17) is 9.47 Å². The molecule has 0 aromatic heterocycles. The second-order valence-corrected chi connectivity index (χ2v) is 6.98. The predicted octanol–water partition coefficient (Wildman–Crippen LogP) is 3.36. The largest absolute Gasteiger partial charge is 0.465 e. The maximum atomic E-state index is 13.1. The third kappa shape index (κ3) is 4.27. The van der Waals surface area contributed by atoms with Crippen LogP contribution in [0.2, 0.25) is 0 Å². The van der Waals surface area contributed by atoms with Crippen LogP contribution >= 0.6 is 0 Å². The first-order valence-corrected chi connectivity index (χ1v) is 9.98. The highest BCUT2D eigenvalue weighted by Gasteiger charge is 2.47. The minimum atomic E-state index is -1.19. The van der Waals surface area contributed by atoms with Crippen molar-refractivity contribution < 1.29 is 23.9 Å². The minimum absolute atomic E-state index is 0.132. The number of carbonyl (C=O) groups is 3. The smallest absolute Gasteiger partial charge is 0.336 e. The molecule has 0 saturated heterocycles. The summed E-state index contributed by atoms with van der Waals surface area (Å²) in [5.74, 6) is -3.77. The Kier molecular flexibility index (Phi) is 6.67. The summed E-state index contributed by atoms with van der Waals surface area (Å²) in [4.78, 5) is 38.9. The lowest BCUT2D eigenvalue weighted by Gasteiger charge is -2.33. The lowest BCUT2D eigenvalue weighted by atomic mass is 9.75. The molecule has 0 unspecified atom stereocenters. The Hall–Kier alpha value is -3.41. The summed E-state index contributed by atoms with van der Waals surface area (Å²) < 4.78 is 10.5. The molecule has 1 aliphatic heterocycles. The average molecular weight is 407 g/mol. The van der Waals surface area contributed by atoms with Crippen molar-refractivity contribution in [1.29, 1.82) is 0 Å². The fourth-order valence-corrected chi connectivity index (χ4v) is 3.62. The van der Waals surface area contributed by atoms with Gasteiger partial charge in [0.05, 0.1) is 24.5 Å². The van der Waals surface area contributed by atoms with Crippen molar-refractivity contribution in [1.82, 2.24) is 5.32 Å². The van der Waals surface area contributed by atoms with E-state index < -0.39 is 29.7 Å². The number of esters is 2. The Balaban J connectivity index is 2.27. The minimum Gasteiger partial charge on any atom is -0.465 e. The number of nitrogens with one attached hydrogen (secondary N) is 1. The van der Waals surface area contributed by atoms with Crippen LogP contribution in [0, 0.1) is 12.8 Å². The van der Waals surface area contributed by atoms with Gasteiger partial charge in [-0.3, -0.25) is 9.59 Å². The Morgan fingerprint density at radius 3 is 2.17 bits per heavy atom. The van der Waals surface area contributed by atoms with Crippen LogP contribution in [0.15, 0.2) is 60.2 Å². The first-order valence-electron chi connectivity index (χ1n) is 9.98. The topological polar surface area (TPSA) is 81.7 Å². The van der Waals surface area contributed by atoms with Crippen molar-refractivity contribution in [2.45, 2.75) is 26.7 Å². The van der Waals surface area contributed by atoms with Crippen LogP contribution in [0.4, 0.5) is 0 Å². The first-order chi connectivity index (χ1) is 14.5. The van der Waals surface area contributed by atoms with Gasteiger partial charge in [0.1, 0.15) is 5.92 Å². The van der Waals surface area contributed by atoms with Crippen molar-refractivity contribution in [2.24, 2.45) is 5.92 Å². The van der Waals surface area contributed by atoms with Gasteiger partial charge in [-0.05, 0) is 31.9 Å². The molecule has 6 nitrogen and oxygen atoms in total. The maximum Gasteiger partial charge on any atom is 0.336 e. The van der Waals surface area contributed by atoms with E-state index in [1.807, 2.05) is 49.4 Å². The quantitative estimate of drug-likeness (QED) is 0.587. The van der Waals surface area contributed by atoms with Crippen LogP contribution in [-0.4, -0.2) is 31.1 Å². The van der Waals surface area contributed by atoms with Crippen molar-refractivity contribution in [3.63, 3.8) is 0 Å². The molecule has 1 N–H and O–H groups in total. The summed E-state index contributed by atoms with van der Waals surface area (Å²) in [5.41, 5.74) is 2.95. The zero-order chi connectivity index (χ0) is 21.7. The molecule has 1 amide bonds. The van der Waals surface area contributed by atoms with Gasteiger partial charge >= 0.3 is 11.9 Å². The van der Waals surface area contributed by atoms with E-state index in [2.05, 4.69) is 5.32 Å². The van der Waals surface area contributed by atoms with Crippen LogP contribution in [0.1, 0.15) is 36.5 Å². The van der Waals surface area contributed by atoms with Gasteiger partial charge in [0.2, 0.25) is 5.91 Å². The summed E-state index contributed by atoms with van der Waals surface area (Å²) in [6, 6.07) is 16.5. The molecular weight excluding hydrogens is 382 g/mol. The van der Waals surface area contributed by atoms with Gasteiger partial charge in [0, 0.05) is 5.92 Å². The molecule has 0 spiro atoms. The number of hydrogen-bond donors (Lipinski definition) is 1. The van der Waals surface area contributed by atoms with E-state index in [1.54, 1.807) is 26.0 Å². The molecule has 6 heteroatoms. The van der Waals surface area contributed by atoms with Crippen molar-refractivity contribution >= 4 is 23.5 Å². The van der Waals surface area contributed by atoms with Gasteiger partial charge in [-0.1, -0.05) is 60.2 Å². The Morgan fingerprint density at radius 1 is 0.933 bits per heavy atom. The molecule has 0 saturated carbocycles. The number of hydrogen-bond acceptors (Lipinski definition) is 5. The SMILES string of the molecule is CCOC(=O)C1=C(c2ccccc2)NC(=O)[C@@H](C(=O)OCC)[C@@H]1c1ccc(C)cc1. The fourth-order valence-electron chi connectivity index (χ4n) is 3.62. The Morgan fingerprint density at radius 2 is 1.57 bits per heavy atom. The van der Waals surface area contributed by atoms with Crippen LogP contribution in [0.5, 0.6) is 0 Å². The molecule has 0 radical (unpaired) electrons. The molecule has 0 bridgehead atoms. The monoisotopic (exact) mass is 407 g/mol. The number of amides is 1. The van der Waals surface area contributed by atoms with Crippen LogP contribution < -0.4 is 5.32 Å². The predicted molar refractivity (Wildman–Crippen MR) is 112 cm³/mol. The second-order valence-electron chi connectivity index (χ2n) is 6.98. The fraction of sp³-hybridized carbons (Fsp3) is 0.292. The third-order valence-electron chi connectivity index (χ3n) is 4.98. The first kappa shape index (κ1) is 21.3. The highest BCUT2D eigenvalue weighted by Crippen LogP contribution is 2.41. The van der Waals surface area contributed by atoms with E-state index in [0.29, 0.717) is 16.8 Å². The lowest BCUT2D eigenvalue weighted by molar-refractivity contribution is -0.153. The molecular formula is C24H25NO5. The normalized spacial score (nSPS) is 18.6. The Bertz CT molecular complexity index is 963. The molecule has 0 aliphatic carbocycles. The molecule has 0 fully saturated rings. The van der Waals surface area contributed by atoms with E-state index in [-0.39, 0.29) is 18.8 Å².